The van der Waals surface area contributed by atoms with Crippen molar-refractivity contribution in [2.45, 2.75) is 18.8 Å². The zero-order chi connectivity index (χ0) is 11.4. The molecule has 1 aromatic rings. The number of hydrogen-bond acceptors (Lipinski definition) is 2. The van der Waals surface area contributed by atoms with Gasteiger partial charge in [0, 0.05) is 12.5 Å². The van der Waals surface area contributed by atoms with Crippen LogP contribution in [0.25, 0.3) is 0 Å². The van der Waals surface area contributed by atoms with E-state index in [1.165, 1.54) is 0 Å². The highest BCUT2D eigenvalue weighted by Gasteiger charge is 2.20. The normalized spacial score (nSPS) is 20.3. The number of ether oxygens (including phenoxy) is 1. The van der Waals surface area contributed by atoms with Crippen LogP contribution in [0.2, 0.25) is 0 Å². The molecule has 88 valence electrons. The van der Waals surface area contributed by atoms with Gasteiger partial charge >= 0.3 is 0 Å². The predicted molar refractivity (Wildman–Crippen MR) is 58.2 cm³/mol. The van der Waals surface area contributed by atoms with Gasteiger partial charge < -0.3 is 10.1 Å². The summed E-state index contributed by atoms with van der Waals surface area (Å²) in [5.41, 5.74) is 1.04. The van der Waals surface area contributed by atoms with E-state index in [0.717, 1.165) is 25.1 Å². The lowest BCUT2D eigenvalue weighted by molar-refractivity contribution is 0.0812. The maximum absolute atomic E-state index is 12.1. The molecule has 1 fully saturated rings. The summed E-state index contributed by atoms with van der Waals surface area (Å²) in [7, 11) is 0. The van der Waals surface area contributed by atoms with Gasteiger partial charge in [-0.25, -0.2) is 8.78 Å². The summed E-state index contributed by atoms with van der Waals surface area (Å²) in [5, 5.41) is 3.26. The number of para-hydroxylation sites is 1. The standard InChI is InChI=1S/C12H15F2NO/c13-12(14)8-16-11-4-2-1-3-10(11)9-5-6-15-7-9/h1-4,9,12,15H,5-8H2. The van der Waals surface area contributed by atoms with Gasteiger partial charge in [-0.2, -0.15) is 0 Å². The third kappa shape index (κ3) is 2.70. The number of benzene rings is 1. The molecule has 0 amide bonds. The highest BCUT2D eigenvalue weighted by Crippen LogP contribution is 2.30. The Bertz CT molecular complexity index is 338. The predicted octanol–water partition coefficient (Wildman–Crippen LogP) is 2.41. The van der Waals surface area contributed by atoms with Crippen LogP contribution in [0, 0.1) is 0 Å². The van der Waals surface area contributed by atoms with E-state index in [1.54, 1.807) is 6.07 Å². The molecule has 4 heteroatoms. The van der Waals surface area contributed by atoms with Crippen molar-refractivity contribution in [3.8, 4) is 5.75 Å². The van der Waals surface area contributed by atoms with Gasteiger partial charge in [-0.15, -0.1) is 0 Å². The van der Waals surface area contributed by atoms with Gasteiger partial charge in [0.05, 0.1) is 0 Å². The molecule has 0 aromatic heterocycles. The molecule has 16 heavy (non-hydrogen) atoms. The van der Waals surface area contributed by atoms with Gasteiger partial charge in [0.1, 0.15) is 12.4 Å². The van der Waals surface area contributed by atoms with E-state index in [2.05, 4.69) is 5.32 Å². The Morgan fingerprint density at radius 1 is 1.38 bits per heavy atom. The molecule has 0 saturated carbocycles. The Hall–Kier alpha value is -1.16. The van der Waals surface area contributed by atoms with Gasteiger partial charge in [0.25, 0.3) is 6.43 Å². The SMILES string of the molecule is FC(F)COc1ccccc1C1CCNC1. The third-order valence-corrected chi connectivity index (χ3v) is 2.78. The molecule has 1 heterocycles. The summed E-state index contributed by atoms with van der Waals surface area (Å²) in [5.74, 6) is 0.977. The second-order valence-electron chi connectivity index (χ2n) is 3.93. The third-order valence-electron chi connectivity index (χ3n) is 2.78. The van der Waals surface area contributed by atoms with Crippen LogP contribution in [0.15, 0.2) is 24.3 Å². The van der Waals surface area contributed by atoms with Crippen LogP contribution in [-0.2, 0) is 0 Å². The molecular weight excluding hydrogens is 212 g/mol. The van der Waals surface area contributed by atoms with Crippen LogP contribution in [0.5, 0.6) is 5.75 Å². The van der Waals surface area contributed by atoms with E-state index >= 15 is 0 Å². The van der Waals surface area contributed by atoms with Crippen molar-refractivity contribution in [2.75, 3.05) is 19.7 Å². The second kappa shape index (κ2) is 5.25. The van der Waals surface area contributed by atoms with E-state index in [4.69, 9.17) is 4.74 Å². The average molecular weight is 227 g/mol. The molecule has 1 aliphatic heterocycles. The van der Waals surface area contributed by atoms with Crippen LogP contribution in [0.1, 0.15) is 17.9 Å². The van der Waals surface area contributed by atoms with Gasteiger partial charge in [0.15, 0.2) is 0 Å². The average Bonchev–Trinajstić information content (AvgIpc) is 2.80. The molecule has 1 atom stereocenters. The number of hydrogen-bond donors (Lipinski definition) is 1. The van der Waals surface area contributed by atoms with Crippen LogP contribution in [0.4, 0.5) is 8.78 Å². The Labute approximate surface area is 93.6 Å². The minimum absolute atomic E-state index is 0.383. The molecule has 1 N–H and O–H groups in total. The van der Waals surface area contributed by atoms with Crippen LogP contribution in [-0.4, -0.2) is 26.1 Å². The number of halogens is 2. The number of rotatable bonds is 4. The first-order valence-electron chi connectivity index (χ1n) is 5.48. The highest BCUT2D eigenvalue weighted by atomic mass is 19.3. The fourth-order valence-electron chi connectivity index (χ4n) is 2.02. The topological polar surface area (TPSA) is 21.3 Å². The lowest BCUT2D eigenvalue weighted by Crippen LogP contribution is -2.11. The van der Waals surface area contributed by atoms with Crippen LogP contribution in [0.3, 0.4) is 0 Å². The molecule has 0 radical (unpaired) electrons. The lowest BCUT2D eigenvalue weighted by atomic mass is 9.97. The van der Waals surface area contributed by atoms with Crippen molar-refractivity contribution >= 4 is 0 Å². The maximum atomic E-state index is 12.1. The van der Waals surface area contributed by atoms with E-state index in [0.29, 0.717) is 11.7 Å². The summed E-state index contributed by atoms with van der Waals surface area (Å²) in [6.45, 7) is 1.35. The van der Waals surface area contributed by atoms with Crippen molar-refractivity contribution in [3.05, 3.63) is 29.8 Å². The first-order valence-corrected chi connectivity index (χ1v) is 5.48. The Morgan fingerprint density at radius 3 is 2.88 bits per heavy atom. The monoisotopic (exact) mass is 227 g/mol. The number of alkyl halides is 2. The number of nitrogens with one attached hydrogen (secondary N) is 1. The Morgan fingerprint density at radius 2 is 2.19 bits per heavy atom. The molecular formula is C12H15F2NO. The molecule has 1 saturated heterocycles. The van der Waals surface area contributed by atoms with Gasteiger partial charge in [-0.3, -0.25) is 0 Å². The maximum Gasteiger partial charge on any atom is 0.272 e. The quantitative estimate of drug-likeness (QED) is 0.852. The van der Waals surface area contributed by atoms with Crippen LogP contribution >= 0.6 is 0 Å². The van der Waals surface area contributed by atoms with Gasteiger partial charge in [0.2, 0.25) is 0 Å². The summed E-state index contributed by atoms with van der Waals surface area (Å²) in [6.07, 6.45) is -1.38. The Kier molecular flexibility index (Phi) is 3.72. The van der Waals surface area contributed by atoms with Gasteiger partial charge in [-0.1, -0.05) is 18.2 Å². The minimum atomic E-state index is -2.42. The van der Waals surface area contributed by atoms with Crippen molar-refractivity contribution in [2.24, 2.45) is 0 Å². The molecule has 1 aliphatic rings. The summed E-state index contributed by atoms with van der Waals surface area (Å²) in [4.78, 5) is 0. The summed E-state index contributed by atoms with van der Waals surface area (Å²) < 4.78 is 29.3. The van der Waals surface area contributed by atoms with Crippen molar-refractivity contribution in [1.82, 2.24) is 5.32 Å². The lowest BCUT2D eigenvalue weighted by Gasteiger charge is -2.15. The highest BCUT2D eigenvalue weighted by molar-refractivity contribution is 5.37. The summed E-state index contributed by atoms with van der Waals surface area (Å²) >= 11 is 0. The van der Waals surface area contributed by atoms with Crippen LogP contribution < -0.4 is 10.1 Å². The van der Waals surface area contributed by atoms with E-state index in [1.807, 2.05) is 18.2 Å². The Balaban J connectivity index is 2.10. The fraction of sp³-hybridized carbons (Fsp3) is 0.500. The van der Waals surface area contributed by atoms with Crippen molar-refractivity contribution in [3.63, 3.8) is 0 Å². The fourth-order valence-corrected chi connectivity index (χ4v) is 2.02. The van der Waals surface area contributed by atoms with Crippen molar-refractivity contribution in [1.29, 1.82) is 0 Å². The molecule has 2 rings (SSSR count). The second-order valence-corrected chi connectivity index (χ2v) is 3.93. The molecule has 1 unspecified atom stereocenters. The summed E-state index contributed by atoms with van der Waals surface area (Å²) in [6, 6.07) is 7.45. The largest absolute Gasteiger partial charge is 0.487 e. The molecule has 1 aromatic carbocycles. The molecule has 2 nitrogen and oxygen atoms in total. The zero-order valence-corrected chi connectivity index (χ0v) is 8.96. The first kappa shape index (κ1) is 11.3. The van der Waals surface area contributed by atoms with Gasteiger partial charge in [-0.05, 0) is 24.6 Å². The smallest absolute Gasteiger partial charge is 0.272 e. The molecule has 0 spiro atoms. The minimum Gasteiger partial charge on any atom is -0.487 e. The van der Waals surface area contributed by atoms with Crippen molar-refractivity contribution < 1.29 is 13.5 Å². The van der Waals surface area contributed by atoms with E-state index < -0.39 is 13.0 Å². The van der Waals surface area contributed by atoms with E-state index in [-0.39, 0.29) is 0 Å². The first-order chi connectivity index (χ1) is 7.77. The molecule has 0 bridgehead atoms. The van der Waals surface area contributed by atoms with E-state index in [9.17, 15) is 8.78 Å². The molecule has 0 aliphatic carbocycles. The zero-order valence-electron chi connectivity index (χ0n) is 8.96.